The number of nitriles is 1. The van der Waals surface area contributed by atoms with Crippen molar-refractivity contribution < 1.29 is 4.79 Å². The Morgan fingerprint density at radius 1 is 1.41 bits per heavy atom. The number of rotatable bonds is 3. The van der Waals surface area contributed by atoms with Crippen molar-refractivity contribution in [3.63, 3.8) is 0 Å². The van der Waals surface area contributed by atoms with E-state index in [-0.39, 0.29) is 23.3 Å². The monoisotopic (exact) mass is 236 g/mol. The average Bonchev–Trinajstić information content (AvgIpc) is 2.21. The van der Waals surface area contributed by atoms with E-state index in [0.29, 0.717) is 0 Å². The first-order chi connectivity index (χ1) is 7.88. The van der Waals surface area contributed by atoms with Crippen LogP contribution in [0.1, 0.15) is 53.4 Å². The zero-order valence-corrected chi connectivity index (χ0v) is 11.4. The van der Waals surface area contributed by atoms with Gasteiger partial charge in [0.15, 0.2) is 0 Å². The molecule has 1 saturated carbocycles. The molecule has 0 saturated heterocycles. The van der Waals surface area contributed by atoms with E-state index in [9.17, 15) is 4.79 Å². The second-order valence-corrected chi connectivity index (χ2v) is 6.15. The van der Waals surface area contributed by atoms with Gasteiger partial charge >= 0.3 is 0 Å². The summed E-state index contributed by atoms with van der Waals surface area (Å²) in [5, 5.41) is 12.1. The molecule has 3 heteroatoms. The fourth-order valence-corrected chi connectivity index (χ4v) is 2.53. The summed E-state index contributed by atoms with van der Waals surface area (Å²) in [7, 11) is 0. The molecule has 0 spiro atoms. The number of nitrogens with one attached hydrogen (secondary N) is 1. The molecule has 0 bridgehead atoms. The van der Waals surface area contributed by atoms with Crippen molar-refractivity contribution in [1.82, 2.24) is 5.32 Å². The van der Waals surface area contributed by atoms with E-state index in [1.807, 2.05) is 13.8 Å². The summed E-state index contributed by atoms with van der Waals surface area (Å²) < 4.78 is 0. The minimum Gasteiger partial charge on any atom is -0.352 e. The van der Waals surface area contributed by atoms with Crippen molar-refractivity contribution in [3.05, 3.63) is 0 Å². The number of hydrogen-bond acceptors (Lipinski definition) is 2. The van der Waals surface area contributed by atoms with Crippen LogP contribution in [0, 0.1) is 28.6 Å². The molecule has 1 N–H and O–H groups in total. The van der Waals surface area contributed by atoms with Crippen molar-refractivity contribution in [2.75, 3.05) is 0 Å². The maximum atomic E-state index is 12.0. The quantitative estimate of drug-likeness (QED) is 0.819. The molecule has 0 aromatic heterocycles. The number of nitrogens with zero attached hydrogens (tertiary/aromatic N) is 1. The summed E-state index contributed by atoms with van der Waals surface area (Å²) in [6.07, 6.45) is 4.60. The van der Waals surface area contributed by atoms with Gasteiger partial charge in [0.05, 0.1) is 6.07 Å². The first kappa shape index (κ1) is 14.0. The van der Waals surface area contributed by atoms with Crippen LogP contribution in [0.4, 0.5) is 0 Å². The molecule has 0 aromatic carbocycles. The van der Waals surface area contributed by atoms with E-state index in [0.717, 1.165) is 12.8 Å². The van der Waals surface area contributed by atoms with Crippen LogP contribution in [0.15, 0.2) is 0 Å². The van der Waals surface area contributed by atoms with E-state index >= 15 is 0 Å². The van der Waals surface area contributed by atoms with Crippen LogP contribution in [0.25, 0.3) is 0 Å². The molecule has 1 aliphatic rings. The van der Waals surface area contributed by atoms with Crippen LogP contribution in [-0.4, -0.2) is 11.9 Å². The highest BCUT2D eigenvalue weighted by Crippen LogP contribution is 2.35. The lowest BCUT2D eigenvalue weighted by Gasteiger charge is -2.39. The molecule has 3 nitrogen and oxygen atoms in total. The highest BCUT2D eigenvalue weighted by atomic mass is 16.1. The smallest absolute Gasteiger partial charge is 0.237 e. The second kappa shape index (κ2) is 5.53. The van der Waals surface area contributed by atoms with Gasteiger partial charge in [0.2, 0.25) is 5.91 Å². The maximum Gasteiger partial charge on any atom is 0.237 e. The lowest BCUT2D eigenvalue weighted by Crippen LogP contribution is -2.49. The van der Waals surface area contributed by atoms with Gasteiger partial charge < -0.3 is 5.32 Å². The summed E-state index contributed by atoms with van der Waals surface area (Å²) in [6, 6.07) is 2.33. The van der Waals surface area contributed by atoms with Crippen LogP contribution < -0.4 is 5.32 Å². The Kier molecular flexibility index (Phi) is 4.56. The summed E-state index contributed by atoms with van der Waals surface area (Å²) >= 11 is 0. The van der Waals surface area contributed by atoms with Gasteiger partial charge in [0, 0.05) is 6.04 Å². The summed E-state index contributed by atoms with van der Waals surface area (Å²) in [5.74, 6) is -0.540. The SMILES string of the molecule is CC(C)C(C#N)C(=O)NC1CCCCC1(C)C. The predicted octanol–water partition coefficient (Wildman–Crippen LogP) is 2.87. The molecule has 96 valence electrons. The minimum atomic E-state index is -0.521. The number of carbonyl (C=O) groups excluding carboxylic acids is 1. The Labute approximate surface area is 105 Å². The van der Waals surface area contributed by atoms with E-state index < -0.39 is 5.92 Å². The first-order valence-corrected chi connectivity index (χ1v) is 6.58. The molecule has 0 radical (unpaired) electrons. The third kappa shape index (κ3) is 3.46. The third-order valence-corrected chi connectivity index (χ3v) is 3.91. The highest BCUT2D eigenvalue weighted by Gasteiger charge is 2.34. The topological polar surface area (TPSA) is 52.9 Å². The molecule has 1 aliphatic carbocycles. The van der Waals surface area contributed by atoms with Crippen LogP contribution >= 0.6 is 0 Å². The molecule has 1 amide bonds. The van der Waals surface area contributed by atoms with Crippen LogP contribution in [0.5, 0.6) is 0 Å². The standard InChI is InChI=1S/C14H24N2O/c1-10(2)11(9-15)13(17)16-12-7-5-6-8-14(12,3)4/h10-12H,5-8H2,1-4H3,(H,16,17). The van der Waals surface area contributed by atoms with Gasteiger partial charge in [-0.3, -0.25) is 4.79 Å². The van der Waals surface area contributed by atoms with Crippen molar-refractivity contribution >= 4 is 5.91 Å². The molecule has 1 rings (SSSR count). The van der Waals surface area contributed by atoms with Gasteiger partial charge in [-0.05, 0) is 24.2 Å². The second-order valence-electron chi connectivity index (χ2n) is 6.15. The fraction of sp³-hybridized carbons (Fsp3) is 0.857. The molecular formula is C14H24N2O. The normalized spacial score (nSPS) is 25.1. The van der Waals surface area contributed by atoms with Crippen molar-refractivity contribution in [1.29, 1.82) is 5.26 Å². The van der Waals surface area contributed by atoms with Gasteiger partial charge in [-0.2, -0.15) is 5.26 Å². The van der Waals surface area contributed by atoms with Crippen LogP contribution in [0.3, 0.4) is 0 Å². The average molecular weight is 236 g/mol. The molecular weight excluding hydrogens is 212 g/mol. The van der Waals surface area contributed by atoms with Gasteiger partial charge in [-0.1, -0.05) is 40.5 Å². The van der Waals surface area contributed by atoms with Gasteiger partial charge in [-0.15, -0.1) is 0 Å². The molecule has 0 aliphatic heterocycles. The summed E-state index contributed by atoms with van der Waals surface area (Å²) in [6.45, 7) is 8.24. The van der Waals surface area contributed by atoms with E-state index in [1.165, 1.54) is 12.8 Å². The Morgan fingerprint density at radius 3 is 2.53 bits per heavy atom. The Bertz CT molecular complexity index is 315. The zero-order valence-electron chi connectivity index (χ0n) is 11.4. The Hall–Kier alpha value is -1.04. The molecule has 17 heavy (non-hydrogen) atoms. The fourth-order valence-electron chi connectivity index (χ4n) is 2.53. The zero-order chi connectivity index (χ0) is 13.1. The number of amides is 1. The predicted molar refractivity (Wildman–Crippen MR) is 68.1 cm³/mol. The molecule has 1 fully saturated rings. The largest absolute Gasteiger partial charge is 0.352 e. The van der Waals surface area contributed by atoms with Crippen molar-refractivity contribution in [2.45, 2.75) is 59.4 Å². The van der Waals surface area contributed by atoms with E-state index in [1.54, 1.807) is 0 Å². The van der Waals surface area contributed by atoms with Gasteiger partial charge in [-0.25, -0.2) is 0 Å². The van der Waals surface area contributed by atoms with Crippen molar-refractivity contribution in [2.24, 2.45) is 17.3 Å². The summed E-state index contributed by atoms with van der Waals surface area (Å²) in [4.78, 5) is 12.0. The third-order valence-electron chi connectivity index (χ3n) is 3.91. The minimum absolute atomic E-state index is 0.0757. The van der Waals surface area contributed by atoms with Gasteiger partial charge in [0.1, 0.15) is 5.92 Å². The maximum absolute atomic E-state index is 12.0. The van der Waals surface area contributed by atoms with Gasteiger partial charge in [0.25, 0.3) is 0 Å². The lowest BCUT2D eigenvalue weighted by molar-refractivity contribution is -0.126. The molecule has 0 heterocycles. The van der Waals surface area contributed by atoms with Crippen LogP contribution in [-0.2, 0) is 4.79 Å². The van der Waals surface area contributed by atoms with Crippen molar-refractivity contribution in [3.8, 4) is 6.07 Å². The van der Waals surface area contributed by atoms with E-state index in [4.69, 9.17) is 5.26 Å². The number of carbonyl (C=O) groups is 1. The molecule has 2 atom stereocenters. The Balaban J connectivity index is 2.64. The summed E-state index contributed by atoms with van der Waals surface area (Å²) in [5.41, 5.74) is 0.158. The van der Waals surface area contributed by atoms with E-state index in [2.05, 4.69) is 25.2 Å². The van der Waals surface area contributed by atoms with Crippen LogP contribution in [0.2, 0.25) is 0 Å². The highest BCUT2D eigenvalue weighted by molar-refractivity contribution is 5.81. The Morgan fingerprint density at radius 2 is 2.06 bits per heavy atom. The lowest BCUT2D eigenvalue weighted by atomic mass is 9.73. The first-order valence-electron chi connectivity index (χ1n) is 6.58. The molecule has 2 unspecified atom stereocenters. The number of hydrogen-bond donors (Lipinski definition) is 1. The molecule has 0 aromatic rings.